The summed E-state index contributed by atoms with van der Waals surface area (Å²) in [5.74, 6) is -0.261. The summed E-state index contributed by atoms with van der Waals surface area (Å²) in [6.45, 7) is 3.69. The Bertz CT molecular complexity index is 506. The summed E-state index contributed by atoms with van der Waals surface area (Å²) in [4.78, 5) is 4.15. The normalized spacial score (nSPS) is 10.8. The van der Waals surface area contributed by atoms with Crippen molar-refractivity contribution in [1.29, 1.82) is 0 Å². The third kappa shape index (κ3) is 1.13. The lowest BCUT2D eigenvalue weighted by Gasteiger charge is -2.08. The van der Waals surface area contributed by atoms with E-state index >= 15 is 0 Å². The van der Waals surface area contributed by atoms with Crippen molar-refractivity contribution in [2.45, 2.75) is 13.8 Å². The number of halogens is 1. The molecule has 1 aromatic carbocycles. The smallest absolute Gasteiger partial charge is 0.134 e. The number of nitrogens with zero attached hydrogens (tertiary/aromatic N) is 1. The summed E-state index contributed by atoms with van der Waals surface area (Å²) in [6.07, 6.45) is 1.47. The minimum absolute atomic E-state index is 0.261. The number of hydrogen-bond donors (Lipinski definition) is 1. The van der Waals surface area contributed by atoms with E-state index in [1.54, 1.807) is 0 Å². The molecule has 0 amide bonds. The van der Waals surface area contributed by atoms with Crippen molar-refractivity contribution in [3.05, 3.63) is 35.3 Å². The Balaban J connectivity index is 3.03. The number of fused-ring (bicyclic) bond motifs is 1. The molecule has 1 aromatic heterocycles. The minimum Gasteiger partial charge on any atom is -0.398 e. The van der Waals surface area contributed by atoms with E-state index in [1.165, 1.54) is 12.3 Å². The first-order chi connectivity index (χ1) is 6.61. The first-order valence-corrected chi connectivity index (χ1v) is 4.41. The van der Waals surface area contributed by atoms with Gasteiger partial charge in [-0.3, -0.25) is 4.98 Å². The quantitative estimate of drug-likeness (QED) is 0.648. The largest absolute Gasteiger partial charge is 0.398 e. The van der Waals surface area contributed by atoms with Crippen molar-refractivity contribution < 1.29 is 4.39 Å². The number of pyridine rings is 1. The van der Waals surface area contributed by atoms with Gasteiger partial charge in [-0.15, -0.1) is 0 Å². The fourth-order valence-electron chi connectivity index (χ4n) is 1.65. The average molecular weight is 190 g/mol. The van der Waals surface area contributed by atoms with E-state index in [1.807, 2.05) is 19.9 Å². The maximum atomic E-state index is 13.5. The zero-order valence-electron chi connectivity index (χ0n) is 8.13. The summed E-state index contributed by atoms with van der Waals surface area (Å²) in [7, 11) is 0. The van der Waals surface area contributed by atoms with E-state index in [9.17, 15) is 4.39 Å². The van der Waals surface area contributed by atoms with Gasteiger partial charge >= 0.3 is 0 Å². The van der Waals surface area contributed by atoms with Crippen molar-refractivity contribution >= 4 is 16.6 Å². The van der Waals surface area contributed by atoms with Crippen LogP contribution in [-0.4, -0.2) is 4.98 Å². The highest BCUT2D eigenvalue weighted by Gasteiger charge is 2.09. The summed E-state index contributed by atoms with van der Waals surface area (Å²) < 4.78 is 13.5. The van der Waals surface area contributed by atoms with Crippen LogP contribution < -0.4 is 5.73 Å². The van der Waals surface area contributed by atoms with Gasteiger partial charge in [0.1, 0.15) is 5.82 Å². The van der Waals surface area contributed by atoms with Crippen LogP contribution in [0.4, 0.5) is 10.1 Å². The lowest BCUT2D eigenvalue weighted by molar-refractivity contribution is 0.638. The molecule has 0 unspecified atom stereocenters. The number of anilines is 1. The molecule has 0 bridgehead atoms. The predicted molar refractivity (Wildman–Crippen MR) is 55.6 cm³/mol. The number of nitrogen functional groups attached to an aromatic ring is 1. The summed E-state index contributed by atoms with van der Waals surface area (Å²) in [5, 5.41) is 0.532. The van der Waals surface area contributed by atoms with Crippen LogP contribution >= 0.6 is 0 Å². The van der Waals surface area contributed by atoms with Gasteiger partial charge in [0.05, 0.1) is 5.52 Å². The lowest BCUT2D eigenvalue weighted by atomic mass is 10.0. The van der Waals surface area contributed by atoms with Gasteiger partial charge in [-0.2, -0.15) is 0 Å². The first-order valence-electron chi connectivity index (χ1n) is 4.41. The maximum absolute atomic E-state index is 13.5. The molecule has 0 aliphatic carbocycles. The third-order valence-corrected chi connectivity index (χ3v) is 2.45. The Hall–Kier alpha value is -1.64. The Labute approximate surface area is 81.6 Å². The van der Waals surface area contributed by atoms with Crippen molar-refractivity contribution in [2.24, 2.45) is 0 Å². The maximum Gasteiger partial charge on any atom is 0.134 e. The van der Waals surface area contributed by atoms with Gasteiger partial charge < -0.3 is 5.73 Å². The van der Waals surface area contributed by atoms with Crippen LogP contribution in [-0.2, 0) is 0 Å². The van der Waals surface area contributed by atoms with Gasteiger partial charge in [0.2, 0.25) is 0 Å². The molecule has 0 radical (unpaired) electrons. The van der Waals surface area contributed by atoms with Gasteiger partial charge in [0.15, 0.2) is 0 Å². The molecule has 0 fully saturated rings. The standard InChI is InChI=1S/C11H11FN2/c1-6-5-9(13)7(2)10-8(12)3-4-14-11(6)10/h3-5H,13H2,1-2H3. The Morgan fingerprint density at radius 3 is 2.79 bits per heavy atom. The fourth-order valence-corrected chi connectivity index (χ4v) is 1.65. The third-order valence-electron chi connectivity index (χ3n) is 2.45. The Kier molecular flexibility index (Phi) is 1.88. The van der Waals surface area contributed by atoms with Gasteiger partial charge in [0, 0.05) is 17.3 Å². The van der Waals surface area contributed by atoms with Crippen LogP contribution in [0.25, 0.3) is 10.9 Å². The average Bonchev–Trinajstić information content (AvgIpc) is 2.14. The summed E-state index contributed by atoms with van der Waals surface area (Å²) >= 11 is 0. The number of aromatic nitrogens is 1. The van der Waals surface area contributed by atoms with Crippen molar-refractivity contribution in [2.75, 3.05) is 5.73 Å². The van der Waals surface area contributed by atoms with Crippen LogP contribution in [0.2, 0.25) is 0 Å². The van der Waals surface area contributed by atoms with E-state index in [4.69, 9.17) is 5.73 Å². The molecule has 0 aliphatic rings. The number of aryl methyl sites for hydroxylation is 2. The minimum atomic E-state index is -0.261. The number of benzene rings is 1. The molecule has 14 heavy (non-hydrogen) atoms. The van der Waals surface area contributed by atoms with E-state index in [0.29, 0.717) is 16.6 Å². The number of nitrogens with two attached hydrogens (primary N) is 1. The van der Waals surface area contributed by atoms with E-state index in [2.05, 4.69) is 4.98 Å². The molecule has 2 rings (SSSR count). The molecule has 0 saturated carbocycles. The van der Waals surface area contributed by atoms with Crippen LogP contribution in [0.3, 0.4) is 0 Å². The van der Waals surface area contributed by atoms with Gasteiger partial charge in [-0.25, -0.2) is 4.39 Å². The van der Waals surface area contributed by atoms with Crippen LogP contribution in [0, 0.1) is 19.7 Å². The molecule has 1 heterocycles. The number of hydrogen-bond acceptors (Lipinski definition) is 2. The monoisotopic (exact) mass is 190 g/mol. The SMILES string of the molecule is Cc1cc(N)c(C)c2c(F)ccnc12. The molecule has 0 spiro atoms. The molecule has 2 N–H and O–H groups in total. The zero-order valence-corrected chi connectivity index (χ0v) is 8.13. The van der Waals surface area contributed by atoms with Crippen LogP contribution in [0.15, 0.2) is 18.3 Å². The second kappa shape index (κ2) is 2.94. The molecule has 72 valence electrons. The van der Waals surface area contributed by atoms with Crippen LogP contribution in [0.1, 0.15) is 11.1 Å². The fraction of sp³-hybridized carbons (Fsp3) is 0.182. The number of rotatable bonds is 0. The molecular weight excluding hydrogens is 179 g/mol. The lowest BCUT2D eigenvalue weighted by Crippen LogP contribution is -1.96. The van der Waals surface area contributed by atoms with Gasteiger partial charge in [-0.1, -0.05) is 0 Å². The molecule has 2 nitrogen and oxygen atoms in total. The summed E-state index contributed by atoms with van der Waals surface area (Å²) in [6, 6.07) is 3.18. The van der Waals surface area contributed by atoms with Crippen molar-refractivity contribution in [1.82, 2.24) is 4.98 Å². The van der Waals surface area contributed by atoms with E-state index in [0.717, 1.165) is 11.1 Å². The van der Waals surface area contributed by atoms with Gasteiger partial charge in [-0.05, 0) is 37.1 Å². The molecule has 0 aliphatic heterocycles. The predicted octanol–water partition coefficient (Wildman–Crippen LogP) is 2.57. The Morgan fingerprint density at radius 1 is 1.36 bits per heavy atom. The van der Waals surface area contributed by atoms with Crippen LogP contribution in [0.5, 0.6) is 0 Å². The molecule has 3 heteroatoms. The van der Waals surface area contributed by atoms with Gasteiger partial charge in [0.25, 0.3) is 0 Å². The molecule has 0 atom stereocenters. The van der Waals surface area contributed by atoms with E-state index in [-0.39, 0.29) is 5.82 Å². The summed E-state index contributed by atoms with van der Waals surface area (Å²) in [5.41, 5.74) is 8.73. The highest BCUT2D eigenvalue weighted by Crippen LogP contribution is 2.27. The highest BCUT2D eigenvalue weighted by atomic mass is 19.1. The molecule has 0 saturated heterocycles. The molecule has 2 aromatic rings. The second-order valence-electron chi connectivity index (χ2n) is 3.42. The second-order valence-corrected chi connectivity index (χ2v) is 3.42. The first kappa shape index (κ1) is 8.94. The highest BCUT2D eigenvalue weighted by molar-refractivity contribution is 5.89. The zero-order chi connectivity index (χ0) is 10.3. The van der Waals surface area contributed by atoms with Crippen molar-refractivity contribution in [3.63, 3.8) is 0 Å². The molecular formula is C11H11FN2. The van der Waals surface area contributed by atoms with Crippen molar-refractivity contribution in [3.8, 4) is 0 Å². The van der Waals surface area contributed by atoms with E-state index < -0.39 is 0 Å². The topological polar surface area (TPSA) is 38.9 Å². The Morgan fingerprint density at radius 2 is 2.07 bits per heavy atom.